The lowest BCUT2D eigenvalue weighted by molar-refractivity contribution is -0.123. The summed E-state index contributed by atoms with van der Waals surface area (Å²) in [7, 11) is 0. The molecule has 1 aromatic heterocycles. The predicted octanol–water partition coefficient (Wildman–Crippen LogP) is 3.23. The largest absolute Gasteiger partial charge is 0.350 e. The number of hydrogen-bond donors (Lipinski definition) is 1. The molecule has 0 fully saturated rings. The minimum absolute atomic E-state index is 0.0404. The number of rotatable bonds is 3. The summed E-state index contributed by atoms with van der Waals surface area (Å²) in [6.45, 7) is 6.11. The maximum atomic E-state index is 11.8. The van der Waals surface area contributed by atoms with Gasteiger partial charge in [0.05, 0.1) is 6.20 Å². The van der Waals surface area contributed by atoms with E-state index in [1.807, 2.05) is 51.2 Å². The van der Waals surface area contributed by atoms with Gasteiger partial charge in [0.2, 0.25) is 5.91 Å². The van der Waals surface area contributed by atoms with Crippen LogP contribution >= 0.6 is 15.9 Å². The van der Waals surface area contributed by atoms with E-state index in [0.717, 1.165) is 15.6 Å². The summed E-state index contributed by atoms with van der Waals surface area (Å²) in [4.78, 5) is 11.8. The Hall–Kier alpha value is -1.62. The van der Waals surface area contributed by atoms with Crippen LogP contribution in [0.15, 0.2) is 41.1 Å². The first-order valence-electron chi connectivity index (χ1n) is 6.43. The fourth-order valence-corrected chi connectivity index (χ4v) is 2.27. The van der Waals surface area contributed by atoms with Crippen LogP contribution in [0.2, 0.25) is 0 Å². The summed E-state index contributed by atoms with van der Waals surface area (Å²) in [5.74, 6) is -0.0404. The van der Waals surface area contributed by atoms with Gasteiger partial charge in [0.25, 0.3) is 0 Å². The highest BCUT2D eigenvalue weighted by molar-refractivity contribution is 9.10. The number of halogens is 1. The van der Waals surface area contributed by atoms with E-state index < -0.39 is 0 Å². The molecule has 0 bridgehead atoms. The smallest absolute Gasteiger partial charge is 0.242 e. The lowest BCUT2D eigenvalue weighted by atomic mass is 10.1. The Morgan fingerprint density at radius 2 is 2.10 bits per heavy atom. The molecular weight excluding hydrogens is 318 g/mol. The van der Waals surface area contributed by atoms with Crippen LogP contribution in [-0.4, -0.2) is 21.2 Å². The summed E-state index contributed by atoms with van der Waals surface area (Å²) in [5.41, 5.74) is 1.84. The minimum atomic E-state index is -0.225. The highest BCUT2D eigenvalue weighted by Crippen LogP contribution is 2.22. The molecule has 1 amide bonds. The Balaban J connectivity index is 2.08. The number of aromatic nitrogens is 2. The third kappa shape index (κ3) is 4.20. The predicted molar refractivity (Wildman–Crippen MR) is 83.3 cm³/mol. The maximum Gasteiger partial charge on any atom is 0.242 e. The molecular formula is C15H18BrN3O. The highest BCUT2D eigenvalue weighted by Gasteiger charge is 2.14. The fourth-order valence-electron chi connectivity index (χ4n) is 1.87. The van der Waals surface area contributed by atoms with Gasteiger partial charge in [-0.2, -0.15) is 5.10 Å². The van der Waals surface area contributed by atoms with Gasteiger partial charge >= 0.3 is 0 Å². The molecule has 0 atom stereocenters. The zero-order valence-electron chi connectivity index (χ0n) is 11.9. The molecule has 0 aliphatic carbocycles. The molecule has 5 heteroatoms. The topological polar surface area (TPSA) is 46.9 Å². The molecule has 4 nitrogen and oxygen atoms in total. The number of carbonyl (C=O) groups is 1. The van der Waals surface area contributed by atoms with Crippen molar-refractivity contribution in [3.63, 3.8) is 0 Å². The molecule has 1 N–H and O–H groups in total. The van der Waals surface area contributed by atoms with Crippen molar-refractivity contribution in [2.45, 2.75) is 32.9 Å². The van der Waals surface area contributed by atoms with Crippen LogP contribution in [0, 0.1) is 0 Å². The lowest BCUT2D eigenvalue weighted by Gasteiger charge is -2.20. The number of amides is 1. The average molecular weight is 336 g/mol. The summed E-state index contributed by atoms with van der Waals surface area (Å²) < 4.78 is 2.67. The first kappa shape index (κ1) is 14.8. The molecule has 0 aliphatic rings. The van der Waals surface area contributed by atoms with E-state index >= 15 is 0 Å². The molecule has 0 spiro atoms. The van der Waals surface area contributed by atoms with Crippen LogP contribution < -0.4 is 5.32 Å². The molecule has 1 aromatic carbocycles. The van der Waals surface area contributed by atoms with Crippen LogP contribution in [0.3, 0.4) is 0 Å². The van der Waals surface area contributed by atoms with Crippen molar-refractivity contribution in [2.75, 3.05) is 0 Å². The van der Waals surface area contributed by atoms with Gasteiger partial charge in [-0.05, 0) is 38.5 Å². The van der Waals surface area contributed by atoms with Crippen LogP contribution in [0.4, 0.5) is 0 Å². The van der Waals surface area contributed by atoms with Gasteiger partial charge in [0.15, 0.2) is 0 Å². The van der Waals surface area contributed by atoms with Gasteiger partial charge in [-0.1, -0.05) is 28.1 Å². The Labute approximate surface area is 127 Å². The summed E-state index contributed by atoms with van der Waals surface area (Å²) in [5, 5.41) is 7.15. The van der Waals surface area contributed by atoms with Gasteiger partial charge in [0, 0.05) is 21.8 Å². The van der Waals surface area contributed by atoms with Crippen molar-refractivity contribution in [3.8, 4) is 11.1 Å². The van der Waals surface area contributed by atoms with E-state index in [-0.39, 0.29) is 18.0 Å². The van der Waals surface area contributed by atoms with Crippen molar-refractivity contribution >= 4 is 21.8 Å². The molecule has 0 saturated carbocycles. The van der Waals surface area contributed by atoms with Crippen LogP contribution in [0.5, 0.6) is 0 Å². The molecule has 2 aromatic rings. The molecule has 106 valence electrons. The highest BCUT2D eigenvalue weighted by atomic mass is 79.9. The van der Waals surface area contributed by atoms with Crippen LogP contribution in [0.1, 0.15) is 20.8 Å². The van der Waals surface area contributed by atoms with Crippen molar-refractivity contribution in [1.29, 1.82) is 0 Å². The van der Waals surface area contributed by atoms with Crippen molar-refractivity contribution in [1.82, 2.24) is 15.1 Å². The minimum Gasteiger partial charge on any atom is -0.350 e. The number of carbonyl (C=O) groups excluding carboxylic acids is 1. The van der Waals surface area contributed by atoms with Gasteiger partial charge in [-0.15, -0.1) is 0 Å². The quantitative estimate of drug-likeness (QED) is 0.935. The molecule has 0 aliphatic heterocycles. The van der Waals surface area contributed by atoms with E-state index in [0.29, 0.717) is 0 Å². The van der Waals surface area contributed by atoms with Crippen molar-refractivity contribution in [3.05, 3.63) is 41.1 Å². The van der Waals surface area contributed by atoms with Crippen LogP contribution in [-0.2, 0) is 11.3 Å². The maximum absolute atomic E-state index is 11.8. The second-order valence-electron chi connectivity index (χ2n) is 5.74. The van der Waals surface area contributed by atoms with Gasteiger partial charge in [0.1, 0.15) is 6.54 Å². The zero-order chi connectivity index (χ0) is 14.8. The summed E-state index contributed by atoms with van der Waals surface area (Å²) in [6.07, 6.45) is 3.65. The molecule has 0 saturated heterocycles. The van der Waals surface area contributed by atoms with Crippen LogP contribution in [0.25, 0.3) is 11.1 Å². The summed E-state index contributed by atoms with van der Waals surface area (Å²) in [6, 6.07) is 7.99. The second-order valence-corrected chi connectivity index (χ2v) is 6.65. The van der Waals surface area contributed by atoms with E-state index in [1.54, 1.807) is 10.9 Å². The monoisotopic (exact) mass is 335 g/mol. The SMILES string of the molecule is CC(C)(C)NC(=O)Cn1cc(-c2cccc(Br)c2)cn1. The second kappa shape index (κ2) is 5.79. The molecule has 1 heterocycles. The molecule has 20 heavy (non-hydrogen) atoms. The van der Waals surface area contributed by atoms with E-state index in [1.165, 1.54) is 0 Å². The summed E-state index contributed by atoms with van der Waals surface area (Å²) >= 11 is 3.45. The van der Waals surface area contributed by atoms with E-state index in [9.17, 15) is 4.79 Å². The number of benzene rings is 1. The number of nitrogens with one attached hydrogen (secondary N) is 1. The lowest BCUT2D eigenvalue weighted by Crippen LogP contribution is -2.42. The first-order chi connectivity index (χ1) is 9.33. The zero-order valence-corrected chi connectivity index (χ0v) is 13.4. The number of nitrogens with zero attached hydrogens (tertiary/aromatic N) is 2. The Bertz CT molecular complexity index is 614. The van der Waals surface area contributed by atoms with Crippen molar-refractivity contribution in [2.24, 2.45) is 0 Å². The van der Waals surface area contributed by atoms with Gasteiger partial charge in [-0.3, -0.25) is 9.48 Å². The Morgan fingerprint density at radius 3 is 2.75 bits per heavy atom. The van der Waals surface area contributed by atoms with E-state index in [4.69, 9.17) is 0 Å². The van der Waals surface area contributed by atoms with E-state index in [2.05, 4.69) is 26.3 Å². The number of hydrogen-bond acceptors (Lipinski definition) is 2. The van der Waals surface area contributed by atoms with Crippen molar-refractivity contribution < 1.29 is 4.79 Å². The normalized spacial score (nSPS) is 11.4. The van der Waals surface area contributed by atoms with Gasteiger partial charge in [-0.25, -0.2) is 0 Å². The standard InChI is InChI=1S/C15H18BrN3O/c1-15(2,3)18-14(20)10-19-9-12(8-17-19)11-5-4-6-13(16)7-11/h4-9H,10H2,1-3H3,(H,18,20). The third-order valence-corrected chi connectivity index (χ3v) is 3.10. The average Bonchev–Trinajstić information content (AvgIpc) is 2.74. The Kier molecular flexibility index (Phi) is 4.28. The molecule has 2 rings (SSSR count). The van der Waals surface area contributed by atoms with Gasteiger partial charge < -0.3 is 5.32 Å². The fraction of sp³-hybridized carbons (Fsp3) is 0.333. The Morgan fingerprint density at radius 1 is 1.35 bits per heavy atom. The first-order valence-corrected chi connectivity index (χ1v) is 7.22. The molecule has 0 radical (unpaired) electrons. The molecule has 0 unspecified atom stereocenters. The third-order valence-electron chi connectivity index (χ3n) is 2.61.